The molecule has 5 nitrogen and oxygen atoms in total. The summed E-state index contributed by atoms with van der Waals surface area (Å²) in [6.45, 7) is 5.77. The summed E-state index contributed by atoms with van der Waals surface area (Å²) in [7, 11) is 1.74. The minimum atomic E-state index is 0.181. The molecular weight excluding hydrogens is 330 g/mol. The molecule has 23 heavy (non-hydrogen) atoms. The Hall–Kier alpha value is -1.18. The lowest BCUT2D eigenvalue weighted by atomic mass is 10.1. The van der Waals surface area contributed by atoms with Crippen LogP contribution in [-0.2, 0) is 9.53 Å². The first-order valence-corrected chi connectivity index (χ1v) is 9.54. The van der Waals surface area contributed by atoms with Crippen molar-refractivity contribution in [3.05, 3.63) is 16.8 Å². The van der Waals surface area contributed by atoms with E-state index in [1.54, 1.807) is 24.8 Å². The first-order valence-electron chi connectivity index (χ1n) is 7.74. The van der Waals surface area contributed by atoms with Gasteiger partial charge in [0, 0.05) is 30.5 Å². The summed E-state index contributed by atoms with van der Waals surface area (Å²) in [4.78, 5) is 25.4. The molecule has 0 radical (unpaired) electrons. The zero-order valence-electron chi connectivity index (χ0n) is 13.7. The van der Waals surface area contributed by atoms with Gasteiger partial charge in [0.25, 0.3) is 0 Å². The van der Waals surface area contributed by atoms with Gasteiger partial charge in [-0.15, -0.1) is 11.3 Å². The van der Waals surface area contributed by atoms with Crippen LogP contribution in [0, 0.1) is 13.8 Å². The Morgan fingerprint density at radius 3 is 2.83 bits per heavy atom. The number of ether oxygens (including phenoxy) is 1. The van der Waals surface area contributed by atoms with Crippen molar-refractivity contribution in [2.75, 3.05) is 26.0 Å². The molecule has 2 aromatic rings. The molecule has 0 saturated carbocycles. The largest absolute Gasteiger partial charge is 0.381 e. The zero-order chi connectivity index (χ0) is 16.4. The Morgan fingerprint density at radius 2 is 2.13 bits per heavy atom. The lowest BCUT2D eigenvalue weighted by molar-refractivity contribution is -0.130. The van der Waals surface area contributed by atoms with E-state index in [0.717, 1.165) is 41.2 Å². The van der Waals surface area contributed by atoms with Crippen LogP contribution in [0.4, 0.5) is 0 Å². The van der Waals surface area contributed by atoms with Crippen LogP contribution in [0.2, 0.25) is 0 Å². The molecule has 1 amide bonds. The van der Waals surface area contributed by atoms with Crippen molar-refractivity contribution in [1.29, 1.82) is 0 Å². The number of aromatic nitrogens is 2. The number of amides is 1. The second-order valence-corrected chi connectivity index (χ2v) is 7.91. The first-order chi connectivity index (χ1) is 11.1. The van der Waals surface area contributed by atoms with Gasteiger partial charge in [0.15, 0.2) is 0 Å². The van der Waals surface area contributed by atoms with E-state index < -0.39 is 0 Å². The monoisotopic (exact) mass is 351 g/mol. The molecule has 0 unspecified atom stereocenters. The zero-order valence-corrected chi connectivity index (χ0v) is 15.3. The molecular formula is C16H21N3O2S2. The maximum Gasteiger partial charge on any atom is 0.232 e. The average Bonchev–Trinajstić information content (AvgIpc) is 2.88. The fourth-order valence-electron chi connectivity index (χ4n) is 2.82. The third-order valence-corrected chi connectivity index (χ3v) is 6.48. The molecule has 0 spiro atoms. The van der Waals surface area contributed by atoms with E-state index in [9.17, 15) is 4.79 Å². The van der Waals surface area contributed by atoms with E-state index in [1.165, 1.54) is 22.2 Å². The number of hydrogen-bond acceptors (Lipinski definition) is 6. The molecule has 1 aliphatic rings. The number of rotatable bonds is 4. The smallest absolute Gasteiger partial charge is 0.232 e. The van der Waals surface area contributed by atoms with Crippen LogP contribution in [0.25, 0.3) is 10.2 Å². The molecule has 0 aromatic carbocycles. The number of likely N-dealkylation sites (tertiary alicyclic amines) is 1. The minimum absolute atomic E-state index is 0.181. The Morgan fingerprint density at radius 1 is 1.39 bits per heavy atom. The number of nitrogens with zero attached hydrogens (tertiary/aromatic N) is 3. The summed E-state index contributed by atoms with van der Waals surface area (Å²) in [5, 5.41) is 2.02. The van der Waals surface area contributed by atoms with Crippen molar-refractivity contribution in [3.8, 4) is 0 Å². The number of thiophene rings is 1. The van der Waals surface area contributed by atoms with Crippen molar-refractivity contribution in [3.63, 3.8) is 0 Å². The van der Waals surface area contributed by atoms with Crippen molar-refractivity contribution in [2.45, 2.75) is 37.8 Å². The number of methoxy groups -OCH3 is 1. The number of carbonyl (C=O) groups excluding carboxylic acids is 1. The van der Waals surface area contributed by atoms with Gasteiger partial charge in [-0.3, -0.25) is 4.79 Å². The van der Waals surface area contributed by atoms with E-state index in [1.807, 2.05) is 4.90 Å². The molecule has 1 saturated heterocycles. The summed E-state index contributed by atoms with van der Waals surface area (Å²) < 4.78 is 5.35. The van der Waals surface area contributed by atoms with Crippen LogP contribution in [0.3, 0.4) is 0 Å². The standard InChI is InChI=1S/C16H21N3O2S2/c1-10-11(2)23-16-14(10)15(17-9-18-16)22-8-13(20)19-6-4-12(21-3)5-7-19/h9,12H,4-8H2,1-3H3. The van der Waals surface area contributed by atoms with E-state index in [2.05, 4.69) is 23.8 Å². The van der Waals surface area contributed by atoms with Crippen LogP contribution < -0.4 is 0 Å². The normalized spacial score (nSPS) is 16.2. The SMILES string of the molecule is COC1CCN(C(=O)CSc2ncnc3sc(C)c(C)c23)CC1. The van der Waals surface area contributed by atoms with Gasteiger partial charge >= 0.3 is 0 Å². The van der Waals surface area contributed by atoms with Crippen LogP contribution in [0.1, 0.15) is 23.3 Å². The fraction of sp³-hybridized carbons (Fsp3) is 0.562. The highest BCUT2D eigenvalue weighted by Crippen LogP contribution is 2.34. The molecule has 124 valence electrons. The predicted octanol–water partition coefficient (Wildman–Crippen LogP) is 3.04. The summed E-state index contributed by atoms with van der Waals surface area (Å²) in [6.07, 6.45) is 3.74. The van der Waals surface area contributed by atoms with Gasteiger partial charge in [0.1, 0.15) is 16.2 Å². The van der Waals surface area contributed by atoms with Gasteiger partial charge in [-0.05, 0) is 32.3 Å². The maximum atomic E-state index is 12.4. The maximum absolute atomic E-state index is 12.4. The highest BCUT2D eigenvalue weighted by Gasteiger charge is 2.23. The number of carbonyl (C=O) groups is 1. The van der Waals surface area contributed by atoms with Gasteiger partial charge in [-0.2, -0.15) is 0 Å². The van der Waals surface area contributed by atoms with Crippen LogP contribution in [0.5, 0.6) is 0 Å². The van der Waals surface area contributed by atoms with Crippen LogP contribution >= 0.6 is 23.1 Å². The molecule has 3 heterocycles. The predicted molar refractivity (Wildman–Crippen MR) is 94.2 cm³/mol. The summed E-state index contributed by atoms with van der Waals surface area (Å²) in [5.74, 6) is 0.610. The lowest BCUT2D eigenvalue weighted by Gasteiger charge is -2.31. The van der Waals surface area contributed by atoms with E-state index in [4.69, 9.17) is 4.74 Å². The van der Waals surface area contributed by atoms with E-state index >= 15 is 0 Å². The Bertz CT molecular complexity index is 709. The van der Waals surface area contributed by atoms with E-state index in [-0.39, 0.29) is 5.91 Å². The summed E-state index contributed by atoms with van der Waals surface area (Å²) in [6, 6.07) is 0. The molecule has 0 atom stereocenters. The van der Waals surface area contributed by atoms with E-state index in [0.29, 0.717) is 11.9 Å². The quantitative estimate of drug-likeness (QED) is 0.626. The Labute approximate surface area is 144 Å². The Kier molecular flexibility index (Phi) is 5.18. The van der Waals surface area contributed by atoms with Gasteiger partial charge in [-0.25, -0.2) is 9.97 Å². The highest BCUT2D eigenvalue weighted by molar-refractivity contribution is 8.00. The molecule has 2 aromatic heterocycles. The van der Waals surface area contributed by atoms with Crippen molar-refractivity contribution < 1.29 is 9.53 Å². The number of fused-ring (bicyclic) bond motifs is 1. The number of thioether (sulfide) groups is 1. The number of aryl methyl sites for hydroxylation is 2. The lowest BCUT2D eigenvalue weighted by Crippen LogP contribution is -2.41. The number of piperidine rings is 1. The van der Waals surface area contributed by atoms with Crippen molar-refractivity contribution in [1.82, 2.24) is 14.9 Å². The first kappa shape index (κ1) is 16.7. The molecule has 0 bridgehead atoms. The average molecular weight is 351 g/mol. The molecule has 7 heteroatoms. The van der Waals surface area contributed by atoms with Gasteiger partial charge in [0.05, 0.1) is 11.9 Å². The van der Waals surface area contributed by atoms with Gasteiger partial charge < -0.3 is 9.64 Å². The Balaban J connectivity index is 1.66. The third kappa shape index (κ3) is 3.51. The van der Waals surface area contributed by atoms with Gasteiger partial charge in [0.2, 0.25) is 5.91 Å². The minimum Gasteiger partial charge on any atom is -0.381 e. The molecule has 0 N–H and O–H groups in total. The van der Waals surface area contributed by atoms with Crippen LogP contribution in [0.15, 0.2) is 11.4 Å². The molecule has 1 fully saturated rings. The molecule has 0 aliphatic carbocycles. The van der Waals surface area contributed by atoms with Crippen molar-refractivity contribution in [2.24, 2.45) is 0 Å². The topological polar surface area (TPSA) is 55.3 Å². The van der Waals surface area contributed by atoms with Gasteiger partial charge in [-0.1, -0.05) is 11.8 Å². The fourth-order valence-corrected chi connectivity index (χ4v) is 4.84. The summed E-state index contributed by atoms with van der Waals surface area (Å²) >= 11 is 3.20. The third-order valence-electron chi connectivity index (χ3n) is 4.39. The number of hydrogen-bond donors (Lipinski definition) is 0. The second kappa shape index (κ2) is 7.15. The van der Waals surface area contributed by atoms with Crippen molar-refractivity contribution >= 4 is 39.2 Å². The molecule has 3 rings (SSSR count). The molecule has 1 aliphatic heterocycles. The second-order valence-electron chi connectivity index (χ2n) is 5.75. The van der Waals surface area contributed by atoms with Crippen LogP contribution in [-0.4, -0.2) is 52.8 Å². The highest BCUT2D eigenvalue weighted by atomic mass is 32.2. The summed E-state index contributed by atoms with van der Waals surface area (Å²) in [5.41, 5.74) is 1.22.